The fraction of sp³-hybridized carbons (Fsp3) is 0.375. The van der Waals surface area contributed by atoms with Crippen LogP contribution in [0.15, 0.2) is 18.3 Å². The standard InChI is InChI=1S/C8H10N2O/c9-6-2-1-5-10-7(6)8(11)3-4-8/h1-2,5,11H,3-4,9H2. The predicted molar refractivity (Wildman–Crippen MR) is 41.8 cm³/mol. The molecule has 1 aliphatic carbocycles. The van der Waals surface area contributed by atoms with Gasteiger partial charge in [0.2, 0.25) is 0 Å². The molecule has 0 radical (unpaired) electrons. The van der Waals surface area contributed by atoms with Crippen molar-refractivity contribution in [2.75, 3.05) is 5.73 Å². The van der Waals surface area contributed by atoms with Crippen LogP contribution >= 0.6 is 0 Å². The van der Waals surface area contributed by atoms with Crippen LogP contribution in [0.2, 0.25) is 0 Å². The van der Waals surface area contributed by atoms with Gasteiger partial charge in [-0.3, -0.25) is 4.98 Å². The Balaban J connectivity index is 2.45. The number of aromatic nitrogens is 1. The number of hydrogen-bond acceptors (Lipinski definition) is 3. The van der Waals surface area contributed by atoms with E-state index in [-0.39, 0.29) is 0 Å². The SMILES string of the molecule is Nc1cccnc1C1(O)CC1. The second-order valence-corrected chi connectivity index (χ2v) is 2.97. The summed E-state index contributed by atoms with van der Waals surface area (Å²) >= 11 is 0. The van der Waals surface area contributed by atoms with E-state index in [1.165, 1.54) is 0 Å². The normalized spacial score (nSPS) is 19.7. The Morgan fingerprint density at radius 1 is 1.55 bits per heavy atom. The van der Waals surface area contributed by atoms with Crippen molar-refractivity contribution in [1.29, 1.82) is 0 Å². The highest BCUT2D eigenvalue weighted by atomic mass is 16.3. The molecular formula is C8H10N2O. The van der Waals surface area contributed by atoms with Crippen LogP contribution in [0.4, 0.5) is 5.69 Å². The number of pyridine rings is 1. The van der Waals surface area contributed by atoms with Gasteiger partial charge in [0.25, 0.3) is 0 Å². The van der Waals surface area contributed by atoms with E-state index in [0.29, 0.717) is 11.4 Å². The average Bonchev–Trinajstić information content (AvgIpc) is 2.70. The van der Waals surface area contributed by atoms with E-state index < -0.39 is 5.60 Å². The predicted octanol–water partition coefficient (Wildman–Crippen LogP) is 0.645. The molecule has 0 bridgehead atoms. The zero-order valence-corrected chi connectivity index (χ0v) is 6.12. The molecule has 2 rings (SSSR count). The third-order valence-corrected chi connectivity index (χ3v) is 2.00. The summed E-state index contributed by atoms with van der Waals surface area (Å²) in [5.74, 6) is 0. The Bertz CT molecular complexity index is 281. The number of nitrogen functional groups attached to an aromatic ring is 1. The summed E-state index contributed by atoms with van der Waals surface area (Å²) in [7, 11) is 0. The van der Waals surface area contributed by atoms with Gasteiger partial charge in [0.1, 0.15) is 5.60 Å². The fourth-order valence-electron chi connectivity index (χ4n) is 1.16. The van der Waals surface area contributed by atoms with Gasteiger partial charge in [0, 0.05) is 6.20 Å². The van der Waals surface area contributed by atoms with Crippen molar-refractivity contribution in [1.82, 2.24) is 4.98 Å². The Morgan fingerprint density at radius 2 is 2.27 bits per heavy atom. The number of rotatable bonds is 1. The number of hydrogen-bond donors (Lipinski definition) is 2. The zero-order valence-electron chi connectivity index (χ0n) is 6.12. The van der Waals surface area contributed by atoms with E-state index in [4.69, 9.17) is 5.73 Å². The van der Waals surface area contributed by atoms with Gasteiger partial charge in [-0.15, -0.1) is 0 Å². The van der Waals surface area contributed by atoms with Gasteiger partial charge in [-0.25, -0.2) is 0 Å². The topological polar surface area (TPSA) is 59.1 Å². The van der Waals surface area contributed by atoms with Gasteiger partial charge in [-0.1, -0.05) is 0 Å². The summed E-state index contributed by atoms with van der Waals surface area (Å²) in [4.78, 5) is 4.04. The van der Waals surface area contributed by atoms with Gasteiger partial charge in [-0.05, 0) is 25.0 Å². The third-order valence-electron chi connectivity index (χ3n) is 2.00. The van der Waals surface area contributed by atoms with E-state index in [0.717, 1.165) is 12.8 Å². The smallest absolute Gasteiger partial charge is 0.109 e. The third kappa shape index (κ3) is 0.973. The van der Waals surface area contributed by atoms with Crippen LogP contribution in [0.3, 0.4) is 0 Å². The molecule has 58 valence electrons. The van der Waals surface area contributed by atoms with Gasteiger partial charge in [0.05, 0.1) is 11.4 Å². The lowest BCUT2D eigenvalue weighted by molar-refractivity contribution is 0.147. The molecule has 1 saturated carbocycles. The Labute approximate surface area is 64.9 Å². The summed E-state index contributed by atoms with van der Waals surface area (Å²) < 4.78 is 0. The molecule has 1 aromatic rings. The Hall–Kier alpha value is -1.09. The molecule has 1 fully saturated rings. The lowest BCUT2D eigenvalue weighted by Gasteiger charge is -2.08. The van der Waals surface area contributed by atoms with E-state index in [1.54, 1.807) is 18.3 Å². The summed E-state index contributed by atoms with van der Waals surface area (Å²) in [5, 5.41) is 9.64. The number of nitrogens with zero attached hydrogens (tertiary/aromatic N) is 1. The number of nitrogens with two attached hydrogens (primary N) is 1. The van der Waals surface area contributed by atoms with Crippen LogP contribution in [0.1, 0.15) is 18.5 Å². The first-order valence-corrected chi connectivity index (χ1v) is 3.66. The van der Waals surface area contributed by atoms with E-state index in [9.17, 15) is 5.11 Å². The summed E-state index contributed by atoms with van der Waals surface area (Å²) in [6, 6.07) is 3.53. The van der Waals surface area contributed by atoms with Crippen molar-refractivity contribution in [3.05, 3.63) is 24.0 Å². The van der Waals surface area contributed by atoms with Gasteiger partial charge in [-0.2, -0.15) is 0 Å². The lowest BCUT2D eigenvalue weighted by Crippen LogP contribution is -2.10. The average molecular weight is 150 g/mol. The Kier molecular flexibility index (Phi) is 1.17. The van der Waals surface area contributed by atoms with Gasteiger partial charge >= 0.3 is 0 Å². The van der Waals surface area contributed by atoms with Crippen molar-refractivity contribution < 1.29 is 5.11 Å². The first-order chi connectivity index (χ1) is 5.22. The lowest BCUT2D eigenvalue weighted by atomic mass is 10.2. The number of anilines is 1. The fourth-order valence-corrected chi connectivity index (χ4v) is 1.16. The molecule has 3 heteroatoms. The van der Waals surface area contributed by atoms with E-state index >= 15 is 0 Å². The minimum absolute atomic E-state index is 0.590. The molecule has 0 unspecified atom stereocenters. The van der Waals surface area contributed by atoms with Gasteiger partial charge in [0.15, 0.2) is 0 Å². The maximum atomic E-state index is 9.64. The van der Waals surface area contributed by atoms with Crippen LogP contribution in [0.5, 0.6) is 0 Å². The molecule has 0 atom stereocenters. The molecule has 0 spiro atoms. The highest BCUT2D eigenvalue weighted by molar-refractivity contribution is 5.46. The highest BCUT2D eigenvalue weighted by Gasteiger charge is 2.44. The molecule has 0 aliphatic heterocycles. The summed E-state index contributed by atoms with van der Waals surface area (Å²) in [5.41, 5.74) is 6.15. The monoisotopic (exact) mass is 150 g/mol. The summed E-state index contributed by atoms with van der Waals surface area (Å²) in [6.45, 7) is 0. The first-order valence-electron chi connectivity index (χ1n) is 3.66. The highest BCUT2D eigenvalue weighted by Crippen LogP contribution is 2.46. The van der Waals surface area contributed by atoms with Crippen molar-refractivity contribution in [2.45, 2.75) is 18.4 Å². The first kappa shape index (κ1) is 6.61. The number of aliphatic hydroxyl groups is 1. The summed E-state index contributed by atoms with van der Waals surface area (Å²) in [6.07, 6.45) is 3.23. The zero-order chi connectivity index (χ0) is 7.90. The van der Waals surface area contributed by atoms with Crippen LogP contribution < -0.4 is 5.73 Å². The van der Waals surface area contributed by atoms with Crippen molar-refractivity contribution in [2.24, 2.45) is 0 Å². The quantitative estimate of drug-likeness (QED) is 0.617. The molecule has 3 N–H and O–H groups in total. The van der Waals surface area contributed by atoms with Crippen molar-refractivity contribution in [3.8, 4) is 0 Å². The van der Waals surface area contributed by atoms with Crippen LogP contribution in [-0.4, -0.2) is 10.1 Å². The van der Waals surface area contributed by atoms with Crippen molar-refractivity contribution in [3.63, 3.8) is 0 Å². The van der Waals surface area contributed by atoms with Crippen LogP contribution in [-0.2, 0) is 5.60 Å². The minimum atomic E-state index is -0.703. The maximum Gasteiger partial charge on any atom is 0.109 e. The largest absolute Gasteiger partial charge is 0.397 e. The Morgan fingerprint density at radius 3 is 2.82 bits per heavy atom. The van der Waals surface area contributed by atoms with Crippen molar-refractivity contribution >= 4 is 5.69 Å². The van der Waals surface area contributed by atoms with Gasteiger partial charge < -0.3 is 10.8 Å². The van der Waals surface area contributed by atoms with Crippen LogP contribution in [0, 0.1) is 0 Å². The molecule has 1 aromatic heterocycles. The molecule has 11 heavy (non-hydrogen) atoms. The second kappa shape index (κ2) is 1.95. The maximum absolute atomic E-state index is 9.64. The molecular weight excluding hydrogens is 140 g/mol. The second-order valence-electron chi connectivity index (χ2n) is 2.97. The molecule has 1 heterocycles. The molecule has 0 amide bonds. The molecule has 0 saturated heterocycles. The van der Waals surface area contributed by atoms with E-state index in [2.05, 4.69) is 4.98 Å². The molecule has 3 nitrogen and oxygen atoms in total. The van der Waals surface area contributed by atoms with E-state index in [1.807, 2.05) is 0 Å². The minimum Gasteiger partial charge on any atom is -0.397 e. The molecule has 0 aromatic carbocycles. The van der Waals surface area contributed by atoms with Crippen LogP contribution in [0.25, 0.3) is 0 Å². The molecule has 1 aliphatic rings.